The normalized spacial score (nSPS) is 10.6. The summed E-state index contributed by atoms with van der Waals surface area (Å²) in [5.74, 6) is 0.773. The van der Waals surface area contributed by atoms with Gasteiger partial charge in [-0.15, -0.1) is 0 Å². The molecule has 1 aromatic carbocycles. The first-order valence-corrected chi connectivity index (χ1v) is 7.20. The number of carbonyl (C=O) groups is 1. The van der Waals surface area contributed by atoms with Crippen LogP contribution in [0.1, 0.15) is 45.6 Å². The van der Waals surface area contributed by atoms with Gasteiger partial charge in [0.15, 0.2) is 0 Å². The summed E-state index contributed by atoms with van der Waals surface area (Å²) in [7, 11) is 0. The van der Waals surface area contributed by atoms with Gasteiger partial charge in [-0.2, -0.15) is 0 Å². The maximum atomic E-state index is 11.8. The van der Waals surface area contributed by atoms with Crippen LogP contribution in [-0.2, 0) is 4.79 Å². The minimum atomic E-state index is 0.219. The average molecular weight is 262 g/mol. The lowest BCUT2D eigenvalue weighted by molar-refractivity contribution is -0.130. The molecule has 19 heavy (non-hydrogen) atoms. The largest absolute Gasteiger partial charge is 0.385 e. The topological polar surface area (TPSA) is 32.3 Å². The molecule has 0 aliphatic carbocycles. The van der Waals surface area contributed by atoms with E-state index in [1.165, 1.54) is 5.56 Å². The van der Waals surface area contributed by atoms with Crippen molar-refractivity contribution < 1.29 is 4.79 Å². The molecular weight excluding hydrogens is 236 g/mol. The Morgan fingerprint density at radius 1 is 1.16 bits per heavy atom. The van der Waals surface area contributed by atoms with Crippen LogP contribution in [0.25, 0.3) is 0 Å². The summed E-state index contributed by atoms with van der Waals surface area (Å²) >= 11 is 0. The first-order valence-electron chi connectivity index (χ1n) is 7.20. The highest BCUT2D eigenvalue weighted by atomic mass is 16.2. The molecule has 0 heterocycles. The van der Waals surface area contributed by atoms with Gasteiger partial charge in [0.05, 0.1) is 0 Å². The van der Waals surface area contributed by atoms with Gasteiger partial charge >= 0.3 is 0 Å². The maximum absolute atomic E-state index is 11.8. The standard InChI is InChI=1S/C16H26N2O/c1-5-18(6-2)16(19)11-12-17-15-9-7-14(8-10-15)13(3)4/h7-10,13,17H,5-6,11-12H2,1-4H3. The van der Waals surface area contributed by atoms with Gasteiger partial charge in [-0.3, -0.25) is 4.79 Å². The van der Waals surface area contributed by atoms with Gasteiger partial charge < -0.3 is 10.2 Å². The first kappa shape index (κ1) is 15.5. The average Bonchev–Trinajstić information content (AvgIpc) is 2.40. The Hall–Kier alpha value is -1.51. The highest BCUT2D eigenvalue weighted by molar-refractivity contribution is 5.76. The smallest absolute Gasteiger partial charge is 0.224 e. The number of anilines is 1. The minimum Gasteiger partial charge on any atom is -0.385 e. The van der Waals surface area contributed by atoms with E-state index in [4.69, 9.17) is 0 Å². The van der Waals surface area contributed by atoms with Crippen molar-refractivity contribution in [2.45, 2.75) is 40.0 Å². The Bertz CT molecular complexity index is 380. The summed E-state index contributed by atoms with van der Waals surface area (Å²) < 4.78 is 0. The number of nitrogens with one attached hydrogen (secondary N) is 1. The van der Waals surface area contributed by atoms with E-state index in [-0.39, 0.29) is 5.91 Å². The Labute approximate surface area is 117 Å². The number of carbonyl (C=O) groups excluding carboxylic acids is 1. The molecule has 1 aromatic rings. The molecular formula is C16H26N2O. The Morgan fingerprint density at radius 3 is 2.21 bits per heavy atom. The van der Waals surface area contributed by atoms with E-state index in [0.717, 1.165) is 18.8 Å². The molecule has 0 aliphatic rings. The van der Waals surface area contributed by atoms with Gasteiger partial charge in [-0.25, -0.2) is 0 Å². The van der Waals surface area contributed by atoms with Crippen molar-refractivity contribution in [1.29, 1.82) is 0 Å². The highest BCUT2D eigenvalue weighted by Crippen LogP contribution is 2.17. The van der Waals surface area contributed by atoms with E-state index in [9.17, 15) is 4.79 Å². The van der Waals surface area contributed by atoms with Crippen molar-refractivity contribution in [2.24, 2.45) is 0 Å². The lowest BCUT2D eigenvalue weighted by Gasteiger charge is -2.18. The van der Waals surface area contributed by atoms with Crippen molar-refractivity contribution in [3.8, 4) is 0 Å². The second kappa shape index (κ2) is 7.82. The molecule has 0 aromatic heterocycles. The van der Waals surface area contributed by atoms with E-state index < -0.39 is 0 Å². The van der Waals surface area contributed by atoms with Crippen LogP contribution in [0.15, 0.2) is 24.3 Å². The van der Waals surface area contributed by atoms with Crippen LogP contribution in [-0.4, -0.2) is 30.4 Å². The second-order valence-electron chi connectivity index (χ2n) is 5.02. The SMILES string of the molecule is CCN(CC)C(=O)CCNc1ccc(C(C)C)cc1. The van der Waals surface area contributed by atoms with Crippen LogP contribution in [0.2, 0.25) is 0 Å². The third-order valence-corrected chi connectivity index (χ3v) is 3.36. The summed E-state index contributed by atoms with van der Waals surface area (Å²) in [6, 6.07) is 8.44. The van der Waals surface area contributed by atoms with E-state index in [0.29, 0.717) is 18.9 Å². The van der Waals surface area contributed by atoms with Crippen LogP contribution in [0.4, 0.5) is 5.69 Å². The van der Waals surface area contributed by atoms with Gasteiger partial charge in [0, 0.05) is 31.7 Å². The lowest BCUT2D eigenvalue weighted by atomic mass is 10.0. The van der Waals surface area contributed by atoms with Crippen molar-refractivity contribution in [3.05, 3.63) is 29.8 Å². The predicted molar refractivity (Wildman–Crippen MR) is 81.6 cm³/mol. The predicted octanol–water partition coefficient (Wildman–Crippen LogP) is 3.48. The van der Waals surface area contributed by atoms with Crippen molar-refractivity contribution in [3.63, 3.8) is 0 Å². The summed E-state index contributed by atoms with van der Waals surface area (Å²) in [6.45, 7) is 10.7. The fourth-order valence-corrected chi connectivity index (χ4v) is 2.03. The highest BCUT2D eigenvalue weighted by Gasteiger charge is 2.08. The maximum Gasteiger partial charge on any atom is 0.224 e. The molecule has 1 rings (SSSR count). The summed E-state index contributed by atoms with van der Waals surface area (Å²) in [6.07, 6.45) is 0.549. The first-order chi connectivity index (χ1) is 9.08. The Balaban J connectivity index is 2.39. The molecule has 1 N–H and O–H groups in total. The second-order valence-corrected chi connectivity index (χ2v) is 5.02. The molecule has 3 heteroatoms. The van der Waals surface area contributed by atoms with E-state index in [2.05, 4.69) is 43.4 Å². The molecule has 0 bridgehead atoms. The molecule has 0 radical (unpaired) electrons. The molecule has 0 saturated carbocycles. The quantitative estimate of drug-likeness (QED) is 0.816. The number of hydrogen-bond donors (Lipinski definition) is 1. The number of hydrogen-bond acceptors (Lipinski definition) is 2. The number of rotatable bonds is 7. The summed E-state index contributed by atoms with van der Waals surface area (Å²) in [5.41, 5.74) is 2.42. The number of amides is 1. The van der Waals surface area contributed by atoms with Gasteiger partial charge in [-0.1, -0.05) is 26.0 Å². The van der Waals surface area contributed by atoms with Crippen molar-refractivity contribution in [2.75, 3.05) is 25.0 Å². The molecule has 0 fully saturated rings. The minimum absolute atomic E-state index is 0.219. The Morgan fingerprint density at radius 2 is 1.74 bits per heavy atom. The zero-order valence-electron chi connectivity index (χ0n) is 12.6. The Kier molecular flexibility index (Phi) is 6.40. The molecule has 106 valence electrons. The third-order valence-electron chi connectivity index (χ3n) is 3.36. The zero-order valence-corrected chi connectivity index (χ0v) is 12.6. The fourth-order valence-electron chi connectivity index (χ4n) is 2.03. The van der Waals surface area contributed by atoms with Crippen LogP contribution >= 0.6 is 0 Å². The van der Waals surface area contributed by atoms with E-state index >= 15 is 0 Å². The van der Waals surface area contributed by atoms with Gasteiger partial charge in [0.25, 0.3) is 0 Å². The summed E-state index contributed by atoms with van der Waals surface area (Å²) in [5, 5.41) is 3.30. The van der Waals surface area contributed by atoms with E-state index in [1.54, 1.807) is 0 Å². The van der Waals surface area contributed by atoms with Gasteiger partial charge in [-0.05, 0) is 37.5 Å². The van der Waals surface area contributed by atoms with Crippen LogP contribution in [0.3, 0.4) is 0 Å². The van der Waals surface area contributed by atoms with Crippen LogP contribution in [0.5, 0.6) is 0 Å². The molecule has 0 saturated heterocycles. The van der Waals surface area contributed by atoms with Crippen LogP contribution in [0, 0.1) is 0 Å². The number of benzene rings is 1. The summed E-state index contributed by atoms with van der Waals surface area (Å²) in [4.78, 5) is 13.7. The molecule has 3 nitrogen and oxygen atoms in total. The molecule has 0 unspecified atom stereocenters. The molecule has 1 amide bonds. The third kappa shape index (κ3) is 4.93. The lowest BCUT2D eigenvalue weighted by Crippen LogP contribution is -2.31. The number of nitrogens with zero attached hydrogens (tertiary/aromatic N) is 1. The van der Waals surface area contributed by atoms with Crippen LogP contribution < -0.4 is 5.32 Å². The van der Waals surface area contributed by atoms with Gasteiger partial charge in [0.1, 0.15) is 0 Å². The van der Waals surface area contributed by atoms with Crippen molar-refractivity contribution >= 4 is 11.6 Å². The molecule has 0 aliphatic heterocycles. The van der Waals surface area contributed by atoms with Crippen molar-refractivity contribution in [1.82, 2.24) is 4.90 Å². The zero-order chi connectivity index (χ0) is 14.3. The van der Waals surface area contributed by atoms with Gasteiger partial charge in [0.2, 0.25) is 5.91 Å². The van der Waals surface area contributed by atoms with E-state index in [1.807, 2.05) is 18.7 Å². The monoisotopic (exact) mass is 262 g/mol. The molecule has 0 atom stereocenters. The molecule has 0 spiro atoms. The fraction of sp³-hybridized carbons (Fsp3) is 0.562.